The number of imidazole rings is 1. The molecule has 162 valence electrons. The molecule has 7 nitrogen and oxygen atoms in total. The number of hydrogen-bond donors (Lipinski definition) is 3. The maximum atomic E-state index is 13.0. The molecule has 1 heterocycles. The molecule has 3 rings (SSSR count). The molecule has 3 N–H and O–H groups in total. The van der Waals surface area contributed by atoms with Crippen LogP contribution in [-0.2, 0) is 29.3 Å². The first-order valence-electron chi connectivity index (χ1n) is 9.29. The fourth-order valence-corrected chi connectivity index (χ4v) is 3.69. The van der Waals surface area contributed by atoms with Gasteiger partial charge in [0.15, 0.2) is 5.16 Å². The van der Waals surface area contributed by atoms with Crippen molar-refractivity contribution in [3.05, 3.63) is 76.8 Å². The van der Waals surface area contributed by atoms with Crippen LogP contribution in [0.2, 0.25) is 5.02 Å². The van der Waals surface area contributed by atoms with Gasteiger partial charge in [-0.1, -0.05) is 41.6 Å². The van der Waals surface area contributed by atoms with E-state index in [1.807, 2.05) is 0 Å². The van der Waals surface area contributed by atoms with Gasteiger partial charge in [-0.25, -0.2) is 9.37 Å². The highest BCUT2D eigenvalue weighted by Gasteiger charge is 2.15. The van der Waals surface area contributed by atoms with Crippen LogP contribution in [0.1, 0.15) is 11.3 Å². The minimum Gasteiger partial charge on any atom is -0.390 e. The molecule has 0 spiro atoms. The molecule has 0 aliphatic carbocycles. The molecule has 1 aromatic heterocycles. The van der Waals surface area contributed by atoms with Crippen LogP contribution >= 0.6 is 23.4 Å². The van der Waals surface area contributed by atoms with E-state index in [1.54, 1.807) is 41.0 Å². The van der Waals surface area contributed by atoms with E-state index in [0.29, 0.717) is 21.6 Å². The summed E-state index contributed by atoms with van der Waals surface area (Å²) in [5.74, 6) is -0.844. The normalized spacial score (nSPS) is 10.7. The molecule has 0 bridgehead atoms. The van der Waals surface area contributed by atoms with Gasteiger partial charge in [-0.2, -0.15) is 0 Å². The van der Waals surface area contributed by atoms with Crippen LogP contribution in [0.25, 0.3) is 0 Å². The lowest BCUT2D eigenvalue weighted by atomic mass is 10.2. The van der Waals surface area contributed by atoms with E-state index in [9.17, 15) is 19.1 Å². The van der Waals surface area contributed by atoms with Gasteiger partial charge in [-0.05, 0) is 35.9 Å². The summed E-state index contributed by atoms with van der Waals surface area (Å²) in [7, 11) is 0. The summed E-state index contributed by atoms with van der Waals surface area (Å²) in [4.78, 5) is 28.8. The third-order valence-corrected chi connectivity index (χ3v) is 5.43. The Bertz CT molecular complexity index is 1060. The van der Waals surface area contributed by atoms with E-state index in [1.165, 1.54) is 18.3 Å². The van der Waals surface area contributed by atoms with Crippen molar-refractivity contribution in [1.29, 1.82) is 0 Å². The predicted octanol–water partition coefficient (Wildman–Crippen LogP) is 3.22. The van der Waals surface area contributed by atoms with E-state index in [0.717, 1.165) is 17.3 Å². The Labute approximate surface area is 187 Å². The molecule has 2 amide bonds. The summed E-state index contributed by atoms with van der Waals surface area (Å²) in [6.07, 6.45) is 1.46. The lowest BCUT2D eigenvalue weighted by molar-refractivity contribution is -0.122. The number of aliphatic hydroxyl groups excluding tert-OH is 1. The van der Waals surface area contributed by atoms with Crippen LogP contribution in [0.3, 0.4) is 0 Å². The molecule has 0 atom stereocenters. The average molecular weight is 463 g/mol. The van der Waals surface area contributed by atoms with Crippen LogP contribution in [0.15, 0.2) is 59.9 Å². The van der Waals surface area contributed by atoms with Gasteiger partial charge in [-0.3, -0.25) is 9.59 Å². The van der Waals surface area contributed by atoms with Crippen molar-refractivity contribution in [2.75, 3.05) is 11.1 Å². The Morgan fingerprint density at radius 1 is 1.16 bits per heavy atom. The number of thioether (sulfide) groups is 1. The Morgan fingerprint density at radius 3 is 2.65 bits per heavy atom. The summed E-state index contributed by atoms with van der Waals surface area (Å²) in [5, 5.41) is 16.0. The minimum atomic E-state index is -0.345. The van der Waals surface area contributed by atoms with Crippen molar-refractivity contribution in [3.8, 4) is 0 Å². The minimum absolute atomic E-state index is 0.0611. The van der Waals surface area contributed by atoms with E-state index in [-0.39, 0.29) is 43.1 Å². The lowest BCUT2D eigenvalue weighted by Crippen LogP contribution is -2.28. The second-order valence-electron chi connectivity index (χ2n) is 6.53. The van der Waals surface area contributed by atoms with Crippen LogP contribution < -0.4 is 10.6 Å². The van der Waals surface area contributed by atoms with E-state index >= 15 is 0 Å². The largest absolute Gasteiger partial charge is 0.390 e. The summed E-state index contributed by atoms with van der Waals surface area (Å²) in [5.41, 5.74) is 1.79. The topological polar surface area (TPSA) is 96.2 Å². The Balaban J connectivity index is 1.57. The molecule has 2 aromatic carbocycles. The van der Waals surface area contributed by atoms with Crippen LogP contribution in [0.5, 0.6) is 0 Å². The zero-order valence-electron chi connectivity index (χ0n) is 16.3. The zero-order chi connectivity index (χ0) is 22.2. The first-order chi connectivity index (χ1) is 14.9. The molecule has 0 fully saturated rings. The number of nitrogens with zero attached hydrogens (tertiary/aromatic N) is 2. The van der Waals surface area contributed by atoms with Crippen molar-refractivity contribution in [3.63, 3.8) is 0 Å². The zero-order valence-corrected chi connectivity index (χ0v) is 17.9. The average Bonchev–Trinajstić information content (AvgIpc) is 3.13. The number of amides is 2. The number of carbonyl (C=O) groups is 2. The summed E-state index contributed by atoms with van der Waals surface area (Å²) < 4.78 is 14.5. The number of halogens is 2. The highest BCUT2D eigenvalue weighted by atomic mass is 35.5. The highest BCUT2D eigenvalue weighted by molar-refractivity contribution is 7.99. The quantitative estimate of drug-likeness (QED) is 0.424. The first kappa shape index (κ1) is 22.8. The Hall–Kier alpha value is -2.88. The molecule has 31 heavy (non-hydrogen) atoms. The number of anilines is 1. The van der Waals surface area contributed by atoms with Crippen molar-refractivity contribution >= 4 is 40.9 Å². The number of aliphatic hydroxyl groups is 1. The molecule has 0 aliphatic heterocycles. The van der Waals surface area contributed by atoms with E-state index in [4.69, 9.17) is 11.6 Å². The molecule has 10 heteroatoms. The molecule has 0 saturated carbocycles. The molecule has 0 radical (unpaired) electrons. The fourth-order valence-electron chi connectivity index (χ4n) is 2.70. The Morgan fingerprint density at radius 2 is 1.94 bits per heavy atom. The van der Waals surface area contributed by atoms with Gasteiger partial charge < -0.3 is 20.3 Å². The molecule has 3 aromatic rings. The molecule has 0 unspecified atom stereocenters. The first-order valence-corrected chi connectivity index (χ1v) is 10.7. The molecular weight excluding hydrogens is 443 g/mol. The van der Waals surface area contributed by atoms with Gasteiger partial charge in [0, 0.05) is 17.3 Å². The third kappa shape index (κ3) is 6.81. The number of benzene rings is 2. The standard InChI is InChI=1S/C21H20ClFN4O3S/c22-15-2-1-3-17(8-15)26-20(30)13-31-21-25-10-18(12-28)27(21)11-19(29)24-9-14-4-6-16(23)7-5-14/h1-8,10,28H,9,11-13H2,(H,24,29)(H,26,30). The van der Waals surface area contributed by atoms with Gasteiger partial charge in [0.05, 0.1) is 24.3 Å². The van der Waals surface area contributed by atoms with Gasteiger partial charge in [0.25, 0.3) is 0 Å². The summed E-state index contributed by atoms with van der Waals surface area (Å²) in [6, 6.07) is 12.6. The summed E-state index contributed by atoms with van der Waals surface area (Å²) >= 11 is 7.06. The van der Waals surface area contributed by atoms with Gasteiger partial charge in [-0.15, -0.1) is 0 Å². The van der Waals surface area contributed by atoms with Crippen LogP contribution in [-0.4, -0.2) is 32.2 Å². The van der Waals surface area contributed by atoms with Crippen molar-refractivity contribution < 1.29 is 19.1 Å². The molecule has 0 aliphatic rings. The second-order valence-corrected chi connectivity index (χ2v) is 7.91. The van der Waals surface area contributed by atoms with Crippen LogP contribution in [0, 0.1) is 5.82 Å². The number of rotatable bonds is 9. The van der Waals surface area contributed by atoms with Gasteiger partial charge >= 0.3 is 0 Å². The van der Waals surface area contributed by atoms with E-state index in [2.05, 4.69) is 15.6 Å². The fraction of sp³-hybridized carbons (Fsp3) is 0.190. The van der Waals surface area contributed by atoms with Crippen molar-refractivity contribution in [2.45, 2.75) is 24.9 Å². The molecule has 0 saturated heterocycles. The second kappa shape index (κ2) is 10.9. The SMILES string of the molecule is O=C(Cn1c(CO)cnc1SCC(=O)Nc1cccc(Cl)c1)NCc1ccc(F)cc1. The maximum Gasteiger partial charge on any atom is 0.240 e. The number of carbonyl (C=O) groups excluding carboxylic acids is 2. The number of nitrogens with one attached hydrogen (secondary N) is 2. The summed E-state index contributed by atoms with van der Waals surface area (Å²) in [6.45, 7) is -0.129. The van der Waals surface area contributed by atoms with Gasteiger partial charge in [0.2, 0.25) is 11.8 Å². The Kier molecular flexibility index (Phi) is 8.05. The van der Waals surface area contributed by atoms with Crippen LogP contribution in [0.4, 0.5) is 10.1 Å². The lowest BCUT2D eigenvalue weighted by Gasteiger charge is -2.11. The van der Waals surface area contributed by atoms with E-state index < -0.39 is 0 Å². The predicted molar refractivity (Wildman–Crippen MR) is 117 cm³/mol. The molecular formula is C21H20ClFN4O3S. The maximum absolute atomic E-state index is 13.0. The monoisotopic (exact) mass is 462 g/mol. The number of hydrogen-bond acceptors (Lipinski definition) is 5. The van der Waals surface area contributed by atoms with Gasteiger partial charge in [0.1, 0.15) is 12.4 Å². The van der Waals surface area contributed by atoms with Crippen molar-refractivity contribution in [2.24, 2.45) is 0 Å². The van der Waals surface area contributed by atoms with Crippen molar-refractivity contribution in [1.82, 2.24) is 14.9 Å². The third-order valence-electron chi connectivity index (χ3n) is 4.21. The highest BCUT2D eigenvalue weighted by Crippen LogP contribution is 2.20. The smallest absolute Gasteiger partial charge is 0.240 e. The number of aromatic nitrogens is 2.